The Morgan fingerprint density at radius 1 is 1.22 bits per heavy atom. The molecular formula is C20H17ClN2O2S2. The molecule has 2 aromatic carbocycles. The summed E-state index contributed by atoms with van der Waals surface area (Å²) in [5.74, 6) is -0.365. The van der Waals surface area contributed by atoms with Crippen LogP contribution in [0.3, 0.4) is 0 Å². The van der Waals surface area contributed by atoms with Crippen molar-refractivity contribution in [1.82, 2.24) is 4.90 Å². The Bertz CT molecular complexity index is 926. The molecule has 0 saturated carbocycles. The number of thioether (sulfide) groups is 1. The standard InChI is InChI=1S/C20H17ClN2O2S2/c1-13-6-8-15(9-7-13)22-18(24)10-11-23-19(25)17(27-20(23)26)12-14-4-2-3-5-16(14)21/h2-9,12H,10-11H2,1H3,(H,22,24)/b17-12+. The Morgan fingerprint density at radius 2 is 1.93 bits per heavy atom. The van der Waals surface area contributed by atoms with E-state index in [9.17, 15) is 9.59 Å². The molecule has 1 N–H and O–H groups in total. The monoisotopic (exact) mass is 416 g/mol. The number of anilines is 1. The van der Waals surface area contributed by atoms with Crippen LogP contribution in [0, 0.1) is 6.92 Å². The van der Waals surface area contributed by atoms with E-state index >= 15 is 0 Å². The summed E-state index contributed by atoms with van der Waals surface area (Å²) in [6, 6.07) is 14.8. The van der Waals surface area contributed by atoms with Crippen molar-refractivity contribution in [2.45, 2.75) is 13.3 Å². The zero-order valence-electron chi connectivity index (χ0n) is 14.6. The fourth-order valence-corrected chi connectivity index (χ4v) is 3.99. The second-order valence-electron chi connectivity index (χ2n) is 6.02. The Hall–Kier alpha value is -2.15. The van der Waals surface area contributed by atoms with Crippen molar-refractivity contribution in [2.75, 3.05) is 11.9 Å². The molecule has 0 bridgehead atoms. The number of rotatable bonds is 5. The van der Waals surface area contributed by atoms with E-state index in [-0.39, 0.29) is 24.8 Å². The molecule has 1 saturated heterocycles. The molecule has 2 aromatic rings. The van der Waals surface area contributed by atoms with Gasteiger partial charge >= 0.3 is 0 Å². The third-order valence-electron chi connectivity index (χ3n) is 3.96. The first kappa shape index (κ1) is 19.6. The zero-order valence-corrected chi connectivity index (χ0v) is 17.0. The molecule has 1 heterocycles. The number of halogens is 1. The first-order valence-corrected chi connectivity index (χ1v) is 9.91. The Kier molecular flexibility index (Phi) is 6.31. The molecule has 0 spiro atoms. The topological polar surface area (TPSA) is 49.4 Å². The third-order valence-corrected chi connectivity index (χ3v) is 5.69. The maximum absolute atomic E-state index is 12.6. The number of hydrogen-bond acceptors (Lipinski definition) is 4. The summed E-state index contributed by atoms with van der Waals surface area (Å²) in [4.78, 5) is 26.7. The molecule has 4 nitrogen and oxygen atoms in total. The predicted molar refractivity (Wildman–Crippen MR) is 116 cm³/mol. The SMILES string of the molecule is Cc1ccc(NC(=O)CCN2C(=O)/C(=C\c3ccccc3Cl)SC2=S)cc1. The van der Waals surface area contributed by atoms with Gasteiger partial charge in [0.15, 0.2) is 0 Å². The van der Waals surface area contributed by atoms with Crippen LogP contribution in [0.2, 0.25) is 5.02 Å². The van der Waals surface area contributed by atoms with Crippen molar-refractivity contribution in [1.29, 1.82) is 0 Å². The van der Waals surface area contributed by atoms with E-state index in [0.29, 0.717) is 14.2 Å². The number of amides is 2. The first-order valence-electron chi connectivity index (χ1n) is 8.30. The minimum atomic E-state index is -0.201. The molecule has 7 heteroatoms. The van der Waals surface area contributed by atoms with Crippen molar-refractivity contribution in [3.05, 3.63) is 69.6 Å². The van der Waals surface area contributed by atoms with E-state index in [1.54, 1.807) is 12.1 Å². The highest BCUT2D eigenvalue weighted by Crippen LogP contribution is 2.33. The number of nitrogens with zero attached hydrogens (tertiary/aromatic N) is 1. The number of carbonyl (C=O) groups is 2. The first-order chi connectivity index (χ1) is 12.9. The molecule has 0 aromatic heterocycles. The van der Waals surface area contributed by atoms with Gasteiger partial charge in [-0.3, -0.25) is 14.5 Å². The zero-order chi connectivity index (χ0) is 19.4. The van der Waals surface area contributed by atoms with Crippen LogP contribution in [-0.2, 0) is 9.59 Å². The van der Waals surface area contributed by atoms with Crippen molar-refractivity contribution in [2.24, 2.45) is 0 Å². The van der Waals surface area contributed by atoms with Crippen LogP contribution in [-0.4, -0.2) is 27.6 Å². The Balaban J connectivity index is 1.61. The van der Waals surface area contributed by atoms with Crippen LogP contribution in [0.1, 0.15) is 17.5 Å². The van der Waals surface area contributed by atoms with Crippen molar-refractivity contribution < 1.29 is 9.59 Å². The van der Waals surface area contributed by atoms with Gasteiger partial charge in [0.25, 0.3) is 5.91 Å². The highest BCUT2D eigenvalue weighted by atomic mass is 35.5. The smallest absolute Gasteiger partial charge is 0.266 e. The lowest BCUT2D eigenvalue weighted by atomic mass is 10.2. The van der Waals surface area contributed by atoms with Crippen LogP contribution in [0.15, 0.2) is 53.4 Å². The summed E-state index contributed by atoms with van der Waals surface area (Å²) in [5.41, 5.74) is 2.61. The molecule has 3 rings (SSSR count). The normalized spacial score (nSPS) is 15.5. The van der Waals surface area contributed by atoms with Gasteiger partial charge in [-0.2, -0.15) is 0 Å². The average Bonchev–Trinajstić information content (AvgIpc) is 2.90. The second kappa shape index (κ2) is 8.69. The number of thiocarbonyl (C=S) groups is 1. The van der Waals surface area contributed by atoms with Gasteiger partial charge in [0.1, 0.15) is 4.32 Å². The minimum absolute atomic E-state index is 0.164. The quantitative estimate of drug-likeness (QED) is 0.557. The van der Waals surface area contributed by atoms with Crippen molar-refractivity contribution in [3.8, 4) is 0 Å². The summed E-state index contributed by atoms with van der Waals surface area (Å²) in [6.45, 7) is 2.22. The highest BCUT2D eigenvalue weighted by Gasteiger charge is 2.32. The van der Waals surface area contributed by atoms with Crippen molar-refractivity contribution >= 4 is 63.5 Å². The van der Waals surface area contributed by atoms with Gasteiger partial charge < -0.3 is 5.32 Å². The lowest BCUT2D eigenvalue weighted by molar-refractivity contribution is -0.122. The highest BCUT2D eigenvalue weighted by molar-refractivity contribution is 8.26. The maximum atomic E-state index is 12.6. The van der Waals surface area contributed by atoms with Gasteiger partial charge in [-0.1, -0.05) is 71.5 Å². The van der Waals surface area contributed by atoms with Gasteiger partial charge in [-0.15, -0.1) is 0 Å². The fraction of sp³-hybridized carbons (Fsp3) is 0.150. The molecule has 1 aliphatic heterocycles. The van der Waals surface area contributed by atoms with E-state index in [0.717, 1.165) is 16.8 Å². The Morgan fingerprint density at radius 3 is 2.63 bits per heavy atom. The van der Waals surface area contributed by atoms with Crippen LogP contribution >= 0.6 is 35.6 Å². The van der Waals surface area contributed by atoms with E-state index in [1.165, 1.54) is 16.7 Å². The summed E-state index contributed by atoms with van der Waals surface area (Å²) in [6.07, 6.45) is 1.90. The third kappa shape index (κ3) is 4.97. The molecular weight excluding hydrogens is 400 g/mol. The van der Waals surface area contributed by atoms with E-state index in [2.05, 4.69) is 5.32 Å². The van der Waals surface area contributed by atoms with Gasteiger partial charge in [-0.25, -0.2) is 0 Å². The van der Waals surface area contributed by atoms with Crippen LogP contribution in [0.25, 0.3) is 6.08 Å². The van der Waals surface area contributed by atoms with Gasteiger partial charge in [0.2, 0.25) is 5.91 Å². The fourth-order valence-electron chi connectivity index (χ4n) is 2.50. The second-order valence-corrected chi connectivity index (χ2v) is 8.10. The lowest BCUT2D eigenvalue weighted by Gasteiger charge is -2.14. The lowest BCUT2D eigenvalue weighted by Crippen LogP contribution is -2.31. The average molecular weight is 417 g/mol. The molecule has 27 heavy (non-hydrogen) atoms. The number of hydrogen-bond donors (Lipinski definition) is 1. The molecule has 2 amide bonds. The number of aryl methyl sites for hydroxylation is 1. The minimum Gasteiger partial charge on any atom is -0.326 e. The summed E-state index contributed by atoms with van der Waals surface area (Å²) < 4.78 is 0.446. The number of benzene rings is 2. The van der Waals surface area contributed by atoms with Crippen LogP contribution in [0.5, 0.6) is 0 Å². The number of carbonyl (C=O) groups excluding carboxylic acids is 2. The molecule has 138 valence electrons. The summed E-state index contributed by atoms with van der Waals surface area (Å²) in [5, 5.41) is 3.39. The van der Waals surface area contributed by atoms with Gasteiger partial charge in [0, 0.05) is 23.7 Å². The van der Waals surface area contributed by atoms with Crippen LogP contribution in [0.4, 0.5) is 5.69 Å². The molecule has 1 fully saturated rings. The summed E-state index contributed by atoms with van der Waals surface area (Å²) in [7, 11) is 0. The van der Waals surface area contributed by atoms with E-state index in [1.807, 2.05) is 49.4 Å². The Labute approximate surface area is 172 Å². The molecule has 0 radical (unpaired) electrons. The van der Waals surface area contributed by atoms with Gasteiger partial charge in [-0.05, 0) is 36.8 Å². The molecule has 0 atom stereocenters. The molecule has 0 aliphatic carbocycles. The molecule has 0 unspecified atom stereocenters. The van der Waals surface area contributed by atoms with Gasteiger partial charge in [0.05, 0.1) is 4.91 Å². The number of nitrogens with one attached hydrogen (secondary N) is 1. The van der Waals surface area contributed by atoms with Crippen molar-refractivity contribution in [3.63, 3.8) is 0 Å². The van der Waals surface area contributed by atoms with Crippen LogP contribution < -0.4 is 5.32 Å². The molecule has 1 aliphatic rings. The predicted octanol–water partition coefficient (Wildman–Crippen LogP) is 4.88. The van der Waals surface area contributed by atoms with E-state index < -0.39 is 0 Å². The maximum Gasteiger partial charge on any atom is 0.266 e. The largest absolute Gasteiger partial charge is 0.326 e. The summed E-state index contributed by atoms with van der Waals surface area (Å²) >= 11 is 12.7. The van der Waals surface area contributed by atoms with E-state index in [4.69, 9.17) is 23.8 Å².